The van der Waals surface area contributed by atoms with Gasteiger partial charge in [-0.1, -0.05) is 12.5 Å². The molecule has 1 saturated heterocycles. The van der Waals surface area contributed by atoms with Crippen LogP contribution in [0.4, 0.5) is 5.82 Å². The van der Waals surface area contributed by atoms with Gasteiger partial charge in [0, 0.05) is 50.7 Å². The third kappa shape index (κ3) is 3.27. The third-order valence-electron chi connectivity index (χ3n) is 7.25. The van der Waals surface area contributed by atoms with Crippen molar-refractivity contribution in [2.45, 2.75) is 57.5 Å². The van der Waals surface area contributed by atoms with Crippen LogP contribution in [0.1, 0.15) is 44.3 Å². The molecule has 0 radical (unpaired) electrons. The fraction of sp³-hybridized carbons (Fsp3) is 0.542. The smallest absolute Gasteiger partial charge is 0.147 e. The highest BCUT2D eigenvalue weighted by Gasteiger charge is 2.27. The highest BCUT2D eigenvalue weighted by molar-refractivity contribution is 5.82. The fourth-order valence-corrected chi connectivity index (χ4v) is 5.25. The van der Waals surface area contributed by atoms with Crippen LogP contribution in [0.25, 0.3) is 22.3 Å². The summed E-state index contributed by atoms with van der Waals surface area (Å²) in [6, 6.07) is 7.44. The zero-order valence-corrected chi connectivity index (χ0v) is 17.6. The number of piperidine rings is 1. The van der Waals surface area contributed by atoms with Crippen molar-refractivity contribution in [2.24, 2.45) is 0 Å². The number of nitrogens with zero attached hydrogens (tertiary/aromatic N) is 6. The van der Waals surface area contributed by atoms with Gasteiger partial charge >= 0.3 is 0 Å². The Balaban J connectivity index is 1.28. The molecule has 0 atom stereocenters. The number of imidazole rings is 1. The molecule has 2 aromatic heterocycles. The lowest BCUT2D eigenvalue weighted by Gasteiger charge is -2.36. The van der Waals surface area contributed by atoms with Crippen LogP contribution in [0.3, 0.4) is 0 Å². The Morgan fingerprint density at radius 2 is 1.73 bits per heavy atom. The first-order valence-corrected chi connectivity index (χ1v) is 11.7. The Hall–Kier alpha value is -2.47. The molecule has 0 unspecified atom stereocenters. The van der Waals surface area contributed by atoms with Gasteiger partial charge < -0.3 is 9.47 Å². The highest BCUT2D eigenvalue weighted by atomic mass is 15.2. The van der Waals surface area contributed by atoms with E-state index in [1.807, 2.05) is 12.4 Å². The van der Waals surface area contributed by atoms with Crippen molar-refractivity contribution in [3.63, 3.8) is 0 Å². The largest absolute Gasteiger partial charge is 0.355 e. The van der Waals surface area contributed by atoms with Gasteiger partial charge in [-0.05, 0) is 44.2 Å². The Bertz CT molecular complexity index is 1050. The van der Waals surface area contributed by atoms with Crippen molar-refractivity contribution in [3.05, 3.63) is 36.4 Å². The van der Waals surface area contributed by atoms with E-state index >= 15 is 0 Å². The summed E-state index contributed by atoms with van der Waals surface area (Å²) in [6.07, 6.45) is 12.8. The maximum absolute atomic E-state index is 5.03. The number of anilines is 1. The zero-order valence-electron chi connectivity index (χ0n) is 17.6. The van der Waals surface area contributed by atoms with Crippen molar-refractivity contribution >= 4 is 16.9 Å². The van der Waals surface area contributed by atoms with E-state index < -0.39 is 0 Å². The third-order valence-corrected chi connectivity index (χ3v) is 7.25. The van der Waals surface area contributed by atoms with Gasteiger partial charge in [0.15, 0.2) is 0 Å². The molecular weight excluding hydrogens is 372 g/mol. The van der Waals surface area contributed by atoms with E-state index in [9.17, 15) is 0 Å². The van der Waals surface area contributed by atoms with Crippen LogP contribution in [0.15, 0.2) is 30.6 Å². The normalized spacial score (nSPS) is 20.7. The predicted molar refractivity (Wildman–Crippen MR) is 120 cm³/mol. The zero-order chi connectivity index (χ0) is 19.9. The molecule has 1 aliphatic carbocycles. The molecule has 6 rings (SSSR count). The lowest BCUT2D eigenvalue weighted by molar-refractivity contribution is 0.130. The monoisotopic (exact) mass is 402 g/mol. The fourth-order valence-electron chi connectivity index (χ4n) is 5.25. The minimum atomic E-state index is 0.818. The van der Waals surface area contributed by atoms with Gasteiger partial charge in [-0.2, -0.15) is 0 Å². The van der Waals surface area contributed by atoms with Gasteiger partial charge in [0.2, 0.25) is 0 Å². The molecule has 6 nitrogen and oxygen atoms in total. The maximum atomic E-state index is 5.03. The van der Waals surface area contributed by atoms with Gasteiger partial charge in [-0.15, -0.1) is 0 Å². The van der Waals surface area contributed by atoms with Gasteiger partial charge in [-0.3, -0.25) is 9.88 Å². The van der Waals surface area contributed by atoms with Crippen LogP contribution in [0.5, 0.6) is 0 Å². The molecule has 3 aromatic rings. The van der Waals surface area contributed by atoms with Gasteiger partial charge in [0.25, 0.3) is 0 Å². The molecule has 0 amide bonds. The first-order chi connectivity index (χ1) is 14.8. The number of hydrogen-bond donors (Lipinski definition) is 0. The molecule has 1 saturated carbocycles. The summed E-state index contributed by atoms with van der Waals surface area (Å²) in [4.78, 5) is 19.5. The molecule has 156 valence electrons. The van der Waals surface area contributed by atoms with E-state index in [4.69, 9.17) is 9.97 Å². The molecule has 3 aliphatic rings. The molecule has 0 bridgehead atoms. The summed E-state index contributed by atoms with van der Waals surface area (Å²) in [5.74, 6) is 2.24. The van der Waals surface area contributed by atoms with E-state index in [0.717, 1.165) is 67.8 Å². The van der Waals surface area contributed by atoms with Crippen LogP contribution in [-0.4, -0.2) is 56.6 Å². The van der Waals surface area contributed by atoms with Gasteiger partial charge in [-0.25, -0.2) is 9.97 Å². The van der Waals surface area contributed by atoms with E-state index in [0.29, 0.717) is 0 Å². The average molecular weight is 403 g/mol. The van der Waals surface area contributed by atoms with E-state index in [1.165, 1.54) is 49.9 Å². The first kappa shape index (κ1) is 18.3. The van der Waals surface area contributed by atoms with Crippen molar-refractivity contribution in [2.75, 3.05) is 31.1 Å². The minimum absolute atomic E-state index is 0.818. The first-order valence-electron chi connectivity index (χ1n) is 11.7. The average Bonchev–Trinajstić information content (AvgIpc) is 2.99. The Morgan fingerprint density at radius 3 is 2.57 bits per heavy atom. The quantitative estimate of drug-likeness (QED) is 0.665. The Kier molecular flexibility index (Phi) is 4.67. The summed E-state index contributed by atoms with van der Waals surface area (Å²) in [5, 5.41) is 0. The lowest BCUT2D eigenvalue weighted by Crippen LogP contribution is -2.41. The number of benzene rings is 1. The van der Waals surface area contributed by atoms with Crippen LogP contribution >= 0.6 is 0 Å². The summed E-state index contributed by atoms with van der Waals surface area (Å²) in [5.41, 5.74) is 4.40. The van der Waals surface area contributed by atoms with E-state index in [1.54, 1.807) is 0 Å². The maximum Gasteiger partial charge on any atom is 0.147 e. The van der Waals surface area contributed by atoms with E-state index in [2.05, 4.69) is 37.5 Å². The molecule has 2 fully saturated rings. The van der Waals surface area contributed by atoms with Crippen molar-refractivity contribution in [1.82, 2.24) is 24.4 Å². The number of aromatic nitrogens is 4. The van der Waals surface area contributed by atoms with Crippen molar-refractivity contribution < 1.29 is 0 Å². The minimum Gasteiger partial charge on any atom is -0.355 e. The number of hydrogen-bond acceptors (Lipinski definition) is 5. The second-order valence-electron chi connectivity index (χ2n) is 9.06. The molecule has 2 aliphatic heterocycles. The summed E-state index contributed by atoms with van der Waals surface area (Å²) in [7, 11) is 0. The van der Waals surface area contributed by atoms with Gasteiger partial charge in [0.05, 0.1) is 29.1 Å². The highest BCUT2D eigenvalue weighted by Crippen LogP contribution is 2.29. The Labute approximate surface area is 177 Å². The number of rotatable bonds is 3. The SMILES string of the molecule is c1cc2c(cc1-c1cncc(N3CCCCC3)n1)nc1n2CCN(C2CCC2)CC1. The molecule has 0 N–H and O–H groups in total. The summed E-state index contributed by atoms with van der Waals surface area (Å²) in [6.45, 7) is 5.51. The van der Waals surface area contributed by atoms with Crippen LogP contribution in [0, 0.1) is 0 Å². The molecule has 0 spiro atoms. The van der Waals surface area contributed by atoms with Crippen LogP contribution < -0.4 is 4.90 Å². The summed E-state index contributed by atoms with van der Waals surface area (Å²) >= 11 is 0. The summed E-state index contributed by atoms with van der Waals surface area (Å²) < 4.78 is 2.44. The molecule has 4 heterocycles. The van der Waals surface area contributed by atoms with Crippen LogP contribution in [-0.2, 0) is 13.0 Å². The van der Waals surface area contributed by atoms with Crippen molar-refractivity contribution in [1.29, 1.82) is 0 Å². The van der Waals surface area contributed by atoms with E-state index in [-0.39, 0.29) is 0 Å². The Morgan fingerprint density at radius 1 is 0.833 bits per heavy atom. The molecule has 1 aromatic carbocycles. The van der Waals surface area contributed by atoms with Gasteiger partial charge in [0.1, 0.15) is 11.6 Å². The second-order valence-corrected chi connectivity index (χ2v) is 9.06. The lowest BCUT2D eigenvalue weighted by atomic mass is 9.91. The predicted octanol–water partition coefficient (Wildman–Crippen LogP) is 3.89. The second kappa shape index (κ2) is 7.65. The molecular formula is C24H30N6. The van der Waals surface area contributed by atoms with Crippen LogP contribution in [0.2, 0.25) is 0 Å². The topological polar surface area (TPSA) is 50.1 Å². The number of fused-ring (bicyclic) bond motifs is 3. The standard InChI is InChI=1S/C24H30N6/c1-2-10-29(11-3-1)24-17-25-16-21(27-24)18-7-8-22-20(15-18)26-23-9-12-28(13-14-30(22)23)19-5-4-6-19/h7-8,15-17,19H,1-6,9-14H2. The van der Waals surface area contributed by atoms with Crippen molar-refractivity contribution in [3.8, 4) is 11.3 Å². The molecule has 30 heavy (non-hydrogen) atoms. The molecule has 6 heteroatoms.